The van der Waals surface area contributed by atoms with E-state index in [-0.39, 0.29) is 5.91 Å². The Morgan fingerprint density at radius 1 is 1.12 bits per heavy atom. The molecular weight excluding hydrogens is 452 g/mol. The zero-order chi connectivity index (χ0) is 24.0. The van der Waals surface area contributed by atoms with Gasteiger partial charge in [0.25, 0.3) is 0 Å². The van der Waals surface area contributed by atoms with Crippen LogP contribution in [0.3, 0.4) is 0 Å². The van der Waals surface area contributed by atoms with Crippen LogP contribution in [-0.2, 0) is 11.3 Å². The lowest BCUT2D eigenvalue weighted by molar-refractivity contribution is -0.129. The van der Waals surface area contributed by atoms with Gasteiger partial charge >= 0.3 is 5.63 Å². The number of rotatable bonds is 4. The SMILES string of the molecule is Cc1cc2oc(=O)cc(CN3CCNC(=O)C3c3c(C)nn(-c4ccccc4)c3C)c2cc1Cl. The number of hydrogen-bond acceptors (Lipinski definition) is 5. The van der Waals surface area contributed by atoms with E-state index in [2.05, 4.69) is 10.2 Å². The lowest BCUT2D eigenvalue weighted by Gasteiger charge is -2.35. The van der Waals surface area contributed by atoms with Crippen molar-refractivity contribution in [3.8, 4) is 5.69 Å². The average Bonchev–Trinajstić information content (AvgIpc) is 3.10. The van der Waals surface area contributed by atoms with Gasteiger partial charge in [-0.05, 0) is 56.2 Å². The fourth-order valence-electron chi connectivity index (χ4n) is 4.77. The Bertz CT molecular complexity index is 1460. The minimum Gasteiger partial charge on any atom is -0.423 e. The van der Waals surface area contributed by atoms with Gasteiger partial charge in [-0.2, -0.15) is 5.10 Å². The van der Waals surface area contributed by atoms with E-state index in [9.17, 15) is 9.59 Å². The summed E-state index contributed by atoms with van der Waals surface area (Å²) in [4.78, 5) is 27.6. The quantitative estimate of drug-likeness (QED) is 0.446. The number of halogens is 1. The molecule has 1 unspecified atom stereocenters. The van der Waals surface area contributed by atoms with Crippen molar-refractivity contribution < 1.29 is 9.21 Å². The first-order valence-electron chi connectivity index (χ1n) is 11.2. The number of benzene rings is 2. The molecule has 3 heterocycles. The van der Waals surface area contributed by atoms with Gasteiger partial charge in [-0.25, -0.2) is 9.48 Å². The normalized spacial score (nSPS) is 16.7. The lowest BCUT2D eigenvalue weighted by Crippen LogP contribution is -2.49. The minimum atomic E-state index is -0.533. The van der Waals surface area contributed by atoms with E-state index < -0.39 is 11.7 Å². The molecule has 1 aliphatic heterocycles. The van der Waals surface area contributed by atoms with Crippen LogP contribution in [0, 0.1) is 20.8 Å². The molecule has 0 bridgehead atoms. The molecule has 1 atom stereocenters. The molecule has 1 N–H and O–H groups in total. The molecule has 0 spiro atoms. The maximum Gasteiger partial charge on any atom is 0.336 e. The first-order chi connectivity index (χ1) is 16.3. The zero-order valence-electron chi connectivity index (χ0n) is 19.3. The Morgan fingerprint density at radius 2 is 1.88 bits per heavy atom. The monoisotopic (exact) mass is 476 g/mol. The Balaban J connectivity index is 1.59. The summed E-state index contributed by atoms with van der Waals surface area (Å²) < 4.78 is 7.30. The average molecular weight is 477 g/mol. The van der Waals surface area contributed by atoms with E-state index >= 15 is 0 Å². The third-order valence-corrected chi connectivity index (χ3v) is 6.82. The van der Waals surface area contributed by atoms with E-state index in [1.165, 1.54) is 6.07 Å². The summed E-state index contributed by atoms with van der Waals surface area (Å²) in [6.45, 7) is 7.34. The van der Waals surface area contributed by atoms with Crippen molar-refractivity contribution in [1.82, 2.24) is 20.0 Å². The van der Waals surface area contributed by atoms with Crippen LogP contribution in [-0.4, -0.2) is 33.7 Å². The molecule has 5 rings (SSSR count). The van der Waals surface area contributed by atoms with Gasteiger partial charge in [-0.3, -0.25) is 9.69 Å². The standard InChI is InChI=1S/C26H25ClN4O3/c1-15-11-22-20(13-21(15)27)18(12-23(32)34-22)14-30-10-9-28-26(33)25(30)24-16(2)29-31(17(24)3)19-7-5-4-6-8-19/h4-8,11-13,25H,9-10,14H2,1-3H3,(H,28,33). The van der Waals surface area contributed by atoms with Gasteiger partial charge < -0.3 is 9.73 Å². The maximum absolute atomic E-state index is 13.2. The number of piperazine rings is 1. The van der Waals surface area contributed by atoms with E-state index in [0.717, 1.165) is 39.2 Å². The molecule has 8 heteroatoms. The summed E-state index contributed by atoms with van der Waals surface area (Å²) in [6.07, 6.45) is 0. The molecule has 34 heavy (non-hydrogen) atoms. The number of carbonyl (C=O) groups is 1. The summed E-state index contributed by atoms with van der Waals surface area (Å²) in [5.74, 6) is -0.0776. The number of hydrogen-bond donors (Lipinski definition) is 1. The van der Waals surface area contributed by atoms with Gasteiger partial charge in [-0.15, -0.1) is 0 Å². The highest BCUT2D eigenvalue weighted by Crippen LogP contribution is 2.33. The molecule has 4 aromatic rings. The second-order valence-electron chi connectivity index (χ2n) is 8.68. The number of carbonyl (C=O) groups excluding carboxylic acids is 1. The number of nitrogens with one attached hydrogen (secondary N) is 1. The zero-order valence-corrected chi connectivity index (χ0v) is 20.0. The third kappa shape index (κ3) is 3.91. The van der Waals surface area contributed by atoms with E-state index in [0.29, 0.717) is 30.2 Å². The smallest absolute Gasteiger partial charge is 0.336 e. The molecule has 2 aromatic heterocycles. The van der Waals surface area contributed by atoms with Crippen molar-refractivity contribution in [2.24, 2.45) is 0 Å². The van der Waals surface area contributed by atoms with Crippen LogP contribution in [0.2, 0.25) is 5.02 Å². The fraction of sp³-hybridized carbons (Fsp3) is 0.269. The van der Waals surface area contributed by atoms with Crippen LogP contribution in [0.5, 0.6) is 0 Å². The van der Waals surface area contributed by atoms with Gasteiger partial charge in [0.2, 0.25) is 5.91 Å². The van der Waals surface area contributed by atoms with E-state index in [1.54, 1.807) is 6.07 Å². The van der Waals surface area contributed by atoms with Crippen molar-refractivity contribution in [1.29, 1.82) is 0 Å². The first-order valence-corrected chi connectivity index (χ1v) is 11.6. The van der Waals surface area contributed by atoms with Crippen LogP contribution in [0.15, 0.2) is 57.7 Å². The Kier molecular flexibility index (Phi) is 5.75. The fourth-order valence-corrected chi connectivity index (χ4v) is 4.93. The summed E-state index contributed by atoms with van der Waals surface area (Å²) in [5.41, 5.74) is 5.20. The lowest BCUT2D eigenvalue weighted by atomic mass is 9.98. The third-order valence-electron chi connectivity index (χ3n) is 6.42. The number of amides is 1. The molecule has 1 amide bonds. The maximum atomic E-state index is 13.2. The summed E-state index contributed by atoms with van der Waals surface area (Å²) in [6, 6.07) is 14.4. The van der Waals surface area contributed by atoms with Gasteiger partial charge in [0.1, 0.15) is 11.6 Å². The second kappa shape index (κ2) is 8.74. The van der Waals surface area contributed by atoms with E-state index in [4.69, 9.17) is 21.1 Å². The van der Waals surface area contributed by atoms with Crippen LogP contribution < -0.4 is 10.9 Å². The van der Waals surface area contributed by atoms with Gasteiger partial charge in [0, 0.05) is 47.4 Å². The summed E-state index contributed by atoms with van der Waals surface area (Å²) in [7, 11) is 0. The van der Waals surface area contributed by atoms with Crippen LogP contribution in [0.25, 0.3) is 16.7 Å². The van der Waals surface area contributed by atoms with Gasteiger partial charge in [0.15, 0.2) is 0 Å². The first kappa shape index (κ1) is 22.4. The van der Waals surface area contributed by atoms with Crippen molar-refractivity contribution in [2.45, 2.75) is 33.4 Å². The Hall–Kier alpha value is -3.42. The largest absolute Gasteiger partial charge is 0.423 e. The molecule has 0 radical (unpaired) electrons. The molecule has 1 fully saturated rings. The molecule has 1 saturated heterocycles. The number of aromatic nitrogens is 2. The number of nitrogens with zero attached hydrogens (tertiary/aromatic N) is 3. The van der Waals surface area contributed by atoms with Crippen molar-refractivity contribution in [3.05, 3.63) is 92.1 Å². The Morgan fingerprint density at radius 3 is 2.65 bits per heavy atom. The second-order valence-corrected chi connectivity index (χ2v) is 9.09. The topological polar surface area (TPSA) is 80.4 Å². The van der Waals surface area contributed by atoms with Crippen LogP contribution in [0.1, 0.15) is 34.1 Å². The van der Waals surface area contributed by atoms with Crippen molar-refractivity contribution in [3.63, 3.8) is 0 Å². The molecule has 174 valence electrons. The highest BCUT2D eigenvalue weighted by molar-refractivity contribution is 6.32. The van der Waals surface area contributed by atoms with Crippen LogP contribution in [0.4, 0.5) is 0 Å². The van der Waals surface area contributed by atoms with Crippen molar-refractivity contribution >= 4 is 28.5 Å². The summed E-state index contributed by atoms with van der Waals surface area (Å²) >= 11 is 6.38. The van der Waals surface area contributed by atoms with Crippen LogP contribution >= 0.6 is 11.6 Å². The molecule has 2 aromatic carbocycles. The predicted molar refractivity (Wildman–Crippen MR) is 131 cm³/mol. The molecule has 7 nitrogen and oxygen atoms in total. The van der Waals surface area contributed by atoms with Crippen molar-refractivity contribution in [2.75, 3.05) is 13.1 Å². The van der Waals surface area contributed by atoms with E-state index in [1.807, 2.05) is 61.9 Å². The predicted octanol–water partition coefficient (Wildman–Crippen LogP) is 4.23. The summed E-state index contributed by atoms with van der Waals surface area (Å²) in [5, 5.41) is 9.12. The highest BCUT2D eigenvalue weighted by atomic mass is 35.5. The number of aryl methyl sites for hydroxylation is 2. The van der Waals surface area contributed by atoms with Gasteiger partial charge in [0.05, 0.1) is 11.4 Å². The minimum absolute atomic E-state index is 0.0776. The highest BCUT2D eigenvalue weighted by Gasteiger charge is 2.35. The molecule has 0 aliphatic carbocycles. The Labute approximate surface area is 201 Å². The molecule has 0 saturated carbocycles. The molecule has 1 aliphatic rings. The van der Waals surface area contributed by atoms with Gasteiger partial charge in [-0.1, -0.05) is 29.8 Å². The number of fused-ring (bicyclic) bond motifs is 1. The molecular formula is C26H25ClN4O3. The number of para-hydroxylation sites is 1.